The number of nitrogens with zero attached hydrogens (tertiary/aromatic N) is 2. The van der Waals surface area contributed by atoms with Crippen LogP contribution < -0.4 is 5.32 Å². The number of benzene rings is 1. The third-order valence-corrected chi connectivity index (χ3v) is 3.14. The molecule has 1 atom stereocenters. The Balaban J connectivity index is 2.01. The van der Waals surface area contributed by atoms with Gasteiger partial charge in [0.2, 0.25) is 0 Å². The van der Waals surface area contributed by atoms with Crippen LogP contribution in [0.4, 0.5) is 0 Å². The van der Waals surface area contributed by atoms with Gasteiger partial charge in [-0.3, -0.25) is 0 Å². The van der Waals surface area contributed by atoms with E-state index in [9.17, 15) is 0 Å². The zero-order valence-electron chi connectivity index (χ0n) is 11.5. The van der Waals surface area contributed by atoms with Gasteiger partial charge in [-0.05, 0) is 31.0 Å². The van der Waals surface area contributed by atoms with Crippen LogP contribution in [0.25, 0.3) is 5.69 Å². The van der Waals surface area contributed by atoms with E-state index >= 15 is 0 Å². The molecule has 4 heteroatoms. The molecule has 2 aromatic rings. The standard InChI is InChI=1S/C15H21N3O/c1-13(8-11-19-2)16-12-14-6-3-4-7-15(14)18-10-5-9-17-18/h3-7,9-10,13,16H,8,11-12H2,1-2H3. The molecule has 0 bridgehead atoms. The highest BCUT2D eigenvalue weighted by atomic mass is 16.5. The van der Waals surface area contributed by atoms with Crippen molar-refractivity contribution < 1.29 is 4.74 Å². The number of hydrogen-bond donors (Lipinski definition) is 1. The summed E-state index contributed by atoms with van der Waals surface area (Å²) in [5.74, 6) is 0. The Hall–Kier alpha value is -1.65. The Morgan fingerprint density at radius 3 is 2.89 bits per heavy atom. The molecular formula is C15H21N3O. The van der Waals surface area contributed by atoms with E-state index in [0.717, 1.165) is 25.3 Å². The molecule has 4 nitrogen and oxygen atoms in total. The minimum absolute atomic E-state index is 0.436. The number of aromatic nitrogens is 2. The molecule has 1 heterocycles. The summed E-state index contributed by atoms with van der Waals surface area (Å²) in [7, 11) is 1.74. The van der Waals surface area contributed by atoms with Gasteiger partial charge in [0, 0.05) is 38.7 Å². The molecule has 2 rings (SSSR count). The Morgan fingerprint density at radius 1 is 1.32 bits per heavy atom. The van der Waals surface area contributed by atoms with Gasteiger partial charge in [-0.25, -0.2) is 4.68 Å². The van der Waals surface area contributed by atoms with Crippen LogP contribution in [0.3, 0.4) is 0 Å². The van der Waals surface area contributed by atoms with Gasteiger partial charge < -0.3 is 10.1 Å². The van der Waals surface area contributed by atoms with Crippen LogP contribution in [0.1, 0.15) is 18.9 Å². The first-order chi connectivity index (χ1) is 9.31. The number of para-hydroxylation sites is 1. The fourth-order valence-electron chi connectivity index (χ4n) is 1.98. The maximum Gasteiger partial charge on any atom is 0.0690 e. The second-order valence-corrected chi connectivity index (χ2v) is 4.64. The van der Waals surface area contributed by atoms with Crippen molar-refractivity contribution in [3.63, 3.8) is 0 Å². The zero-order chi connectivity index (χ0) is 13.5. The Labute approximate surface area is 114 Å². The molecule has 0 fully saturated rings. The molecule has 0 amide bonds. The summed E-state index contributed by atoms with van der Waals surface area (Å²) in [6.45, 7) is 3.80. The van der Waals surface area contributed by atoms with Gasteiger partial charge in [-0.2, -0.15) is 5.10 Å². The lowest BCUT2D eigenvalue weighted by molar-refractivity contribution is 0.184. The zero-order valence-corrected chi connectivity index (χ0v) is 11.5. The van der Waals surface area contributed by atoms with Crippen molar-refractivity contribution in [2.75, 3.05) is 13.7 Å². The summed E-state index contributed by atoms with van der Waals surface area (Å²) in [5.41, 5.74) is 2.37. The van der Waals surface area contributed by atoms with Crippen LogP contribution in [0.15, 0.2) is 42.7 Å². The molecule has 0 saturated carbocycles. The monoisotopic (exact) mass is 259 g/mol. The molecule has 19 heavy (non-hydrogen) atoms. The van der Waals surface area contributed by atoms with Gasteiger partial charge in [0.25, 0.3) is 0 Å². The minimum Gasteiger partial charge on any atom is -0.385 e. The maximum absolute atomic E-state index is 5.09. The van der Waals surface area contributed by atoms with E-state index in [1.54, 1.807) is 13.3 Å². The van der Waals surface area contributed by atoms with Crippen molar-refractivity contribution >= 4 is 0 Å². The predicted molar refractivity (Wildman–Crippen MR) is 76.4 cm³/mol. The summed E-state index contributed by atoms with van der Waals surface area (Å²) >= 11 is 0. The Bertz CT molecular complexity index is 482. The Morgan fingerprint density at radius 2 is 2.16 bits per heavy atom. The number of hydrogen-bond acceptors (Lipinski definition) is 3. The van der Waals surface area contributed by atoms with E-state index in [4.69, 9.17) is 4.74 Å². The first-order valence-electron chi connectivity index (χ1n) is 6.61. The first kappa shape index (κ1) is 13.8. The first-order valence-corrected chi connectivity index (χ1v) is 6.61. The molecule has 1 N–H and O–H groups in total. The fraction of sp³-hybridized carbons (Fsp3) is 0.400. The minimum atomic E-state index is 0.436. The van der Waals surface area contributed by atoms with E-state index in [0.29, 0.717) is 6.04 Å². The molecule has 0 radical (unpaired) electrons. The van der Waals surface area contributed by atoms with Crippen LogP contribution >= 0.6 is 0 Å². The smallest absolute Gasteiger partial charge is 0.0690 e. The lowest BCUT2D eigenvalue weighted by Gasteiger charge is -2.15. The fourth-order valence-corrected chi connectivity index (χ4v) is 1.98. The molecule has 0 saturated heterocycles. The third-order valence-electron chi connectivity index (χ3n) is 3.14. The summed E-state index contributed by atoms with van der Waals surface area (Å²) in [4.78, 5) is 0. The van der Waals surface area contributed by atoms with Crippen LogP contribution in [-0.4, -0.2) is 29.5 Å². The van der Waals surface area contributed by atoms with Gasteiger partial charge in [0.05, 0.1) is 5.69 Å². The molecule has 0 spiro atoms. The van der Waals surface area contributed by atoms with Gasteiger partial charge in [0.1, 0.15) is 0 Å². The SMILES string of the molecule is COCCC(C)NCc1ccccc1-n1cccn1. The van der Waals surface area contributed by atoms with Crippen molar-refractivity contribution in [3.8, 4) is 5.69 Å². The number of methoxy groups -OCH3 is 1. The topological polar surface area (TPSA) is 39.1 Å². The average molecular weight is 259 g/mol. The molecular weight excluding hydrogens is 238 g/mol. The summed E-state index contributed by atoms with van der Waals surface area (Å²) in [6, 6.07) is 10.7. The van der Waals surface area contributed by atoms with Crippen LogP contribution in [0.5, 0.6) is 0 Å². The van der Waals surface area contributed by atoms with E-state index < -0.39 is 0 Å². The number of ether oxygens (including phenoxy) is 1. The molecule has 1 unspecified atom stereocenters. The van der Waals surface area contributed by atoms with Gasteiger partial charge in [-0.15, -0.1) is 0 Å². The van der Waals surface area contributed by atoms with Crippen molar-refractivity contribution in [1.82, 2.24) is 15.1 Å². The largest absolute Gasteiger partial charge is 0.385 e. The van der Waals surface area contributed by atoms with Gasteiger partial charge in [-0.1, -0.05) is 18.2 Å². The molecule has 1 aromatic heterocycles. The molecule has 0 aliphatic heterocycles. The normalized spacial score (nSPS) is 12.5. The highest BCUT2D eigenvalue weighted by Crippen LogP contribution is 2.13. The summed E-state index contributed by atoms with van der Waals surface area (Å²) in [5, 5.41) is 7.81. The quantitative estimate of drug-likeness (QED) is 0.830. The highest BCUT2D eigenvalue weighted by molar-refractivity contribution is 5.40. The van der Waals surface area contributed by atoms with E-state index in [2.05, 4.69) is 35.5 Å². The van der Waals surface area contributed by atoms with Gasteiger partial charge in [0.15, 0.2) is 0 Å². The lowest BCUT2D eigenvalue weighted by Crippen LogP contribution is -2.27. The van der Waals surface area contributed by atoms with E-state index in [1.807, 2.05) is 23.0 Å². The Kier molecular flexibility index (Phi) is 5.12. The van der Waals surface area contributed by atoms with Crippen molar-refractivity contribution in [2.24, 2.45) is 0 Å². The molecule has 1 aromatic carbocycles. The maximum atomic E-state index is 5.09. The summed E-state index contributed by atoms with van der Waals surface area (Å²) < 4.78 is 6.99. The van der Waals surface area contributed by atoms with E-state index in [1.165, 1.54) is 5.56 Å². The van der Waals surface area contributed by atoms with Crippen molar-refractivity contribution in [3.05, 3.63) is 48.3 Å². The van der Waals surface area contributed by atoms with Crippen LogP contribution in [0.2, 0.25) is 0 Å². The number of nitrogens with one attached hydrogen (secondary N) is 1. The number of rotatable bonds is 7. The average Bonchev–Trinajstić information content (AvgIpc) is 2.97. The summed E-state index contributed by atoms with van der Waals surface area (Å²) in [6.07, 6.45) is 4.78. The predicted octanol–water partition coefficient (Wildman–Crippen LogP) is 2.39. The van der Waals surface area contributed by atoms with Crippen molar-refractivity contribution in [2.45, 2.75) is 25.9 Å². The van der Waals surface area contributed by atoms with Crippen molar-refractivity contribution in [1.29, 1.82) is 0 Å². The lowest BCUT2D eigenvalue weighted by atomic mass is 10.1. The van der Waals surface area contributed by atoms with Crippen LogP contribution in [0, 0.1) is 0 Å². The van der Waals surface area contributed by atoms with Gasteiger partial charge >= 0.3 is 0 Å². The highest BCUT2D eigenvalue weighted by Gasteiger charge is 2.06. The molecule has 0 aliphatic carbocycles. The molecule has 0 aliphatic rings. The third kappa shape index (κ3) is 3.91. The van der Waals surface area contributed by atoms with E-state index in [-0.39, 0.29) is 0 Å². The molecule has 102 valence electrons. The van der Waals surface area contributed by atoms with Crippen LogP contribution in [-0.2, 0) is 11.3 Å². The second-order valence-electron chi connectivity index (χ2n) is 4.64. The second kappa shape index (κ2) is 7.07.